The van der Waals surface area contributed by atoms with E-state index in [1.54, 1.807) is 29.2 Å². The maximum Gasteiger partial charge on any atom is 0.212 e. The van der Waals surface area contributed by atoms with E-state index in [1.807, 2.05) is 20.0 Å². The highest BCUT2D eigenvalue weighted by atomic mass is 35.5. The molecule has 0 bridgehead atoms. The van der Waals surface area contributed by atoms with Gasteiger partial charge in [-0.05, 0) is 18.6 Å². The number of rotatable bonds is 2. The van der Waals surface area contributed by atoms with E-state index >= 15 is 0 Å². The van der Waals surface area contributed by atoms with Crippen LogP contribution in [-0.2, 0) is 7.05 Å². The Morgan fingerprint density at radius 2 is 2.19 bits per heavy atom. The maximum absolute atomic E-state index is 12.0. The molecule has 3 nitrogen and oxygen atoms in total. The Bertz CT molecular complexity index is 546. The minimum Gasteiger partial charge on any atom is -0.340 e. The van der Waals surface area contributed by atoms with E-state index in [9.17, 15) is 4.79 Å². The van der Waals surface area contributed by atoms with Crippen LogP contribution in [0.1, 0.15) is 21.6 Å². The van der Waals surface area contributed by atoms with Gasteiger partial charge >= 0.3 is 0 Å². The zero-order valence-electron chi connectivity index (χ0n) is 9.07. The average Bonchev–Trinajstić information content (AvgIpc) is 2.68. The summed E-state index contributed by atoms with van der Waals surface area (Å²) in [4.78, 5) is 16.0. The average molecular weight is 235 g/mol. The third-order valence-electron chi connectivity index (χ3n) is 2.37. The fourth-order valence-electron chi connectivity index (χ4n) is 1.41. The van der Waals surface area contributed by atoms with Gasteiger partial charge in [-0.3, -0.25) is 4.79 Å². The minimum absolute atomic E-state index is 0.109. The summed E-state index contributed by atoms with van der Waals surface area (Å²) < 4.78 is 1.74. The van der Waals surface area contributed by atoms with Gasteiger partial charge in [-0.25, -0.2) is 4.98 Å². The van der Waals surface area contributed by atoms with Crippen molar-refractivity contribution in [2.24, 2.45) is 7.05 Å². The van der Waals surface area contributed by atoms with Gasteiger partial charge in [-0.1, -0.05) is 23.7 Å². The monoisotopic (exact) mass is 234 g/mol. The number of halogens is 1. The van der Waals surface area contributed by atoms with Crippen LogP contribution in [0, 0.1) is 6.92 Å². The van der Waals surface area contributed by atoms with Crippen molar-refractivity contribution >= 4 is 17.4 Å². The number of imidazole rings is 1. The molecule has 0 saturated carbocycles. The van der Waals surface area contributed by atoms with Crippen molar-refractivity contribution in [1.82, 2.24) is 9.55 Å². The molecule has 2 aromatic rings. The van der Waals surface area contributed by atoms with Crippen molar-refractivity contribution in [2.45, 2.75) is 6.92 Å². The number of nitrogens with zero attached hydrogens (tertiary/aromatic N) is 2. The van der Waals surface area contributed by atoms with Gasteiger partial charge in [0.25, 0.3) is 0 Å². The summed E-state index contributed by atoms with van der Waals surface area (Å²) in [5.74, 6) is -0.109. The molecule has 0 aliphatic rings. The number of carbonyl (C=O) groups is 1. The van der Waals surface area contributed by atoms with Crippen LogP contribution in [0.25, 0.3) is 0 Å². The molecule has 0 aliphatic heterocycles. The van der Waals surface area contributed by atoms with E-state index in [0.29, 0.717) is 16.3 Å². The molecule has 0 radical (unpaired) electrons. The predicted octanol–water partition coefficient (Wildman–Crippen LogP) is 2.61. The first-order valence-electron chi connectivity index (χ1n) is 4.87. The second-order valence-corrected chi connectivity index (χ2v) is 4.12. The van der Waals surface area contributed by atoms with Gasteiger partial charge in [0.2, 0.25) is 5.78 Å². The molecular formula is C12H11ClN2O. The number of hydrogen-bond donors (Lipinski definition) is 0. The molecule has 1 aromatic heterocycles. The second kappa shape index (κ2) is 4.10. The standard InChI is InChI=1S/C12H11ClN2O/c1-8-3-4-9(5-10(8)13)12(16)11-6-15(2)7-14-11/h3-7H,1-2H3. The van der Waals surface area contributed by atoms with Gasteiger partial charge in [0.1, 0.15) is 5.69 Å². The lowest BCUT2D eigenvalue weighted by Gasteiger charge is -2.01. The predicted molar refractivity (Wildman–Crippen MR) is 62.8 cm³/mol. The molecule has 4 heteroatoms. The van der Waals surface area contributed by atoms with Crippen LogP contribution >= 0.6 is 11.6 Å². The van der Waals surface area contributed by atoms with Crippen LogP contribution in [0.3, 0.4) is 0 Å². The smallest absolute Gasteiger partial charge is 0.212 e. The highest BCUT2D eigenvalue weighted by Crippen LogP contribution is 2.18. The van der Waals surface area contributed by atoms with Gasteiger partial charge in [-0.2, -0.15) is 0 Å². The van der Waals surface area contributed by atoms with Crippen LogP contribution in [0.5, 0.6) is 0 Å². The summed E-state index contributed by atoms with van der Waals surface area (Å²) in [5.41, 5.74) is 1.95. The minimum atomic E-state index is -0.109. The Labute approximate surface area is 98.7 Å². The summed E-state index contributed by atoms with van der Waals surface area (Å²) >= 11 is 5.97. The molecule has 0 unspecified atom stereocenters. The number of ketones is 1. The van der Waals surface area contributed by atoms with E-state index < -0.39 is 0 Å². The van der Waals surface area contributed by atoms with Crippen molar-refractivity contribution in [2.75, 3.05) is 0 Å². The Morgan fingerprint density at radius 1 is 1.44 bits per heavy atom. The first kappa shape index (κ1) is 10.9. The van der Waals surface area contributed by atoms with Crippen molar-refractivity contribution in [3.05, 3.63) is 52.6 Å². The van der Waals surface area contributed by atoms with Gasteiger partial charge in [0, 0.05) is 23.8 Å². The van der Waals surface area contributed by atoms with Gasteiger partial charge in [0.05, 0.1) is 6.33 Å². The lowest BCUT2D eigenvalue weighted by atomic mass is 10.1. The van der Waals surface area contributed by atoms with Crippen molar-refractivity contribution in [3.8, 4) is 0 Å². The van der Waals surface area contributed by atoms with Crippen molar-refractivity contribution in [3.63, 3.8) is 0 Å². The van der Waals surface area contributed by atoms with Gasteiger partial charge in [0.15, 0.2) is 0 Å². The quantitative estimate of drug-likeness (QED) is 0.749. The molecule has 0 amide bonds. The second-order valence-electron chi connectivity index (χ2n) is 3.72. The first-order valence-corrected chi connectivity index (χ1v) is 5.24. The topological polar surface area (TPSA) is 34.9 Å². The van der Waals surface area contributed by atoms with E-state index in [2.05, 4.69) is 4.98 Å². The molecule has 1 aromatic carbocycles. The first-order chi connectivity index (χ1) is 7.58. The lowest BCUT2D eigenvalue weighted by molar-refractivity contribution is 0.103. The zero-order valence-corrected chi connectivity index (χ0v) is 9.82. The summed E-state index contributed by atoms with van der Waals surface area (Å²) in [6, 6.07) is 5.27. The fourth-order valence-corrected chi connectivity index (χ4v) is 1.59. The molecule has 82 valence electrons. The third kappa shape index (κ3) is 1.99. The van der Waals surface area contributed by atoms with Crippen LogP contribution < -0.4 is 0 Å². The number of carbonyl (C=O) groups excluding carboxylic acids is 1. The largest absolute Gasteiger partial charge is 0.340 e. The summed E-state index contributed by atoms with van der Waals surface area (Å²) in [6.45, 7) is 1.90. The third-order valence-corrected chi connectivity index (χ3v) is 2.78. The highest BCUT2D eigenvalue weighted by molar-refractivity contribution is 6.31. The van der Waals surface area contributed by atoms with Gasteiger partial charge < -0.3 is 4.57 Å². The van der Waals surface area contributed by atoms with E-state index in [0.717, 1.165) is 5.56 Å². The van der Waals surface area contributed by atoms with E-state index in [1.165, 1.54) is 0 Å². The molecule has 0 atom stereocenters. The van der Waals surface area contributed by atoms with Crippen LogP contribution in [-0.4, -0.2) is 15.3 Å². The molecule has 2 rings (SSSR count). The SMILES string of the molecule is Cc1ccc(C(=O)c2cn(C)cn2)cc1Cl. The number of aromatic nitrogens is 2. The molecule has 1 heterocycles. The Kier molecular flexibility index (Phi) is 2.79. The lowest BCUT2D eigenvalue weighted by Crippen LogP contribution is -2.01. The molecule has 16 heavy (non-hydrogen) atoms. The van der Waals surface area contributed by atoms with Crippen LogP contribution in [0.4, 0.5) is 0 Å². The fraction of sp³-hybridized carbons (Fsp3) is 0.167. The molecule has 0 fully saturated rings. The van der Waals surface area contributed by atoms with Crippen LogP contribution in [0.2, 0.25) is 5.02 Å². The molecule has 0 spiro atoms. The Morgan fingerprint density at radius 3 is 2.75 bits per heavy atom. The Hall–Kier alpha value is -1.61. The summed E-state index contributed by atoms with van der Waals surface area (Å²) in [7, 11) is 1.83. The van der Waals surface area contributed by atoms with Crippen LogP contribution in [0.15, 0.2) is 30.7 Å². The summed E-state index contributed by atoms with van der Waals surface area (Å²) in [5, 5.41) is 0.599. The van der Waals surface area contributed by atoms with Crippen molar-refractivity contribution in [1.29, 1.82) is 0 Å². The molecule has 0 saturated heterocycles. The normalized spacial score (nSPS) is 10.4. The molecular weight excluding hydrogens is 224 g/mol. The highest BCUT2D eigenvalue weighted by Gasteiger charge is 2.12. The molecule has 0 N–H and O–H groups in total. The Balaban J connectivity index is 2.38. The van der Waals surface area contributed by atoms with E-state index in [-0.39, 0.29) is 5.78 Å². The molecule has 0 aliphatic carbocycles. The number of hydrogen-bond acceptors (Lipinski definition) is 2. The van der Waals surface area contributed by atoms with Crippen molar-refractivity contribution < 1.29 is 4.79 Å². The van der Waals surface area contributed by atoms with E-state index in [4.69, 9.17) is 11.6 Å². The summed E-state index contributed by atoms with van der Waals surface area (Å²) in [6.07, 6.45) is 3.29. The zero-order chi connectivity index (χ0) is 11.7. The van der Waals surface area contributed by atoms with Gasteiger partial charge in [-0.15, -0.1) is 0 Å². The number of benzene rings is 1. The number of aryl methyl sites for hydroxylation is 2. The maximum atomic E-state index is 12.0.